The lowest BCUT2D eigenvalue weighted by Crippen LogP contribution is -2.41. The van der Waals surface area contributed by atoms with Crippen LogP contribution in [0.2, 0.25) is 0 Å². The monoisotopic (exact) mass is 257 g/mol. The molecule has 1 aliphatic carbocycles. The van der Waals surface area contributed by atoms with Crippen LogP contribution in [0.15, 0.2) is 18.2 Å². The first-order chi connectivity index (χ1) is 8.28. The van der Waals surface area contributed by atoms with E-state index in [1.807, 2.05) is 6.07 Å². The summed E-state index contributed by atoms with van der Waals surface area (Å²) in [6.07, 6.45) is -4.92. The number of halogens is 4. The van der Waals surface area contributed by atoms with E-state index >= 15 is 0 Å². The van der Waals surface area contributed by atoms with Crippen molar-refractivity contribution in [1.29, 1.82) is 5.26 Å². The van der Waals surface area contributed by atoms with Gasteiger partial charge in [0, 0.05) is 18.4 Å². The van der Waals surface area contributed by atoms with Crippen LogP contribution in [0.25, 0.3) is 0 Å². The van der Waals surface area contributed by atoms with E-state index in [4.69, 9.17) is 5.26 Å². The van der Waals surface area contributed by atoms with E-state index in [1.165, 1.54) is 0 Å². The molecule has 0 unspecified atom stereocenters. The number of carbonyl (C=O) groups excluding carboxylic acids is 1. The third-order valence-electron chi connectivity index (χ3n) is 3.02. The van der Waals surface area contributed by atoms with Crippen molar-refractivity contribution in [2.24, 2.45) is 0 Å². The molecule has 0 spiro atoms. The molecular weight excluding hydrogens is 250 g/mol. The summed E-state index contributed by atoms with van der Waals surface area (Å²) < 4.78 is 50.7. The summed E-state index contributed by atoms with van der Waals surface area (Å²) in [4.78, 5) is 10.9. The average Bonchev–Trinajstić information content (AvgIpc) is 2.23. The molecule has 2 nitrogen and oxygen atoms in total. The molecule has 0 aliphatic heterocycles. The zero-order chi connectivity index (χ0) is 13.6. The second-order valence-corrected chi connectivity index (χ2v) is 4.28. The van der Waals surface area contributed by atoms with Gasteiger partial charge in [0.15, 0.2) is 0 Å². The highest BCUT2D eigenvalue weighted by atomic mass is 19.4. The zero-order valence-electron chi connectivity index (χ0n) is 9.01. The maximum absolute atomic E-state index is 13.6. The minimum Gasteiger partial charge on any atom is -0.300 e. The summed E-state index contributed by atoms with van der Waals surface area (Å²) in [5.74, 6) is -1.30. The van der Waals surface area contributed by atoms with Gasteiger partial charge in [-0.3, -0.25) is 4.79 Å². The third-order valence-corrected chi connectivity index (χ3v) is 3.02. The molecule has 1 saturated carbocycles. The first-order valence-electron chi connectivity index (χ1n) is 5.09. The van der Waals surface area contributed by atoms with Gasteiger partial charge in [0.25, 0.3) is 0 Å². The SMILES string of the molecule is N#CC1(c2ccc(C(F)(F)F)cc2F)CC(=O)C1. The Hall–Kier alpha value is -1.90. The molecule has 0 bridgehead atoms. The van der Waals surface area contributed by atoms with Gasteiger partial charge in [-0.2, -0.15) is 18.4 Å². The Kier molecular flexibility index (Phi) is 2.65. The fourth-order valence-corrected chi connectivity index (χ4v) is 2.03. The normalized spacial score (nSPS) is 18.1. The number of hydrogen-bond acceptors (Lipinski definition) is 2. The molecule has 0 saturated heterocycles. The van der Waals surface area contributed by atoms with Crippen LogP contribution in [0.3, 0.4) is 0 Å². The lowest BCUT2D eigenvalue weighted by atomic mass is 9.64. The number of hydrogen-bond donors (Lipinski definition) is 0. The van der Waals surface area contributed by atoms with E-state index in [-0.39, 0.29) is 24.2 Å². The second kappa shape index (κ2) is 3.80. The summed E-state index contributed by atoms with van der Waals surface area (Å²) in [6.45, 7) is 0. The number of Topliss-reactive ketones (excluding diaryl/α,β-unsaturated/α-hetero) is 1. The molecule has 2 rings (SSSR count). The van der Waals surface area contributed by atoms with Crippen LogP contribution in [0.1, 0.15) is 24.0 Å². The van der Waals surface area contributed by atoms with E-state index < -0.39 is 23.0 Å². The van der Waals surface area contributed by atoms with Gasteiger partial charge in [0.1, 0.15) is 11.6 Å². The number of alkyl halides is 3. The lowest BCUT2D eigenvalue weighted by molar-refractivity contribution is -0.138. The van der Waals surface area contributed by atoms with Gasteiger partial charge in [-0.15, -0.1) is 0 Å². The quantitative estimate of drug-likeness (QED) is 0.726. The maximum atomic E-state index is 13.6. The highest BCUT2D eigenvalue weighted by molar-refractivity contribution is 5.90. The van der Waals surface area contributed by atoms with Crippen molar-refractivity contribution in [3.63, 3.8) is 0 Å². The van der Waals surface area contributed by atoms with Crippen molar-refractivity contribution in [1.82, 2.24) is 0 Å². The van der Waals surface area contributed by atoms with Gasteiger partial charge in [0.05, 0.1) is 17.0 Å². The molecule has 18 heavy (non-hydrogen) atoms. The number of benzene rings is 1. The summed E-state index contributed by atoms with van der Waals surface area (Å²) in [5.41, 5.74) is -2.55. The Labute approximate surface area is 99.8 Å². The summed E-state index contributed by atoms with van der Waals surface area (Å²) in [6, 6.07) is 3.84. The average molecular weight is 257 g/mol. The maximum Gasteiger partial charge on any atom is 0.416 e. The fourth-order valence-electron chi connectivity index (χ4n) is 2.03. The summed E-state index contributed by atoms with van der Waals surface area (Å²) >= 11 is 0. The summed E-state index contributed by atoms with van der Waals surface area (Å²) in [5, 5.41) is 8.97. The van der Waals surface area contributed by atoms with Crippen molar-refractivity contribution in [3.05, 3.63) is 35.1 Å². The Bertz CT molecular complexity index is 548. The Morgan fingerprint density at radius 2 is 1.89 bits per heavy atom. The van der Waals surface area contributed by atoms with Crippen molar-refractivity contribution < 1.29 is 22.4 Å². The fraction of sp³-hybridized carbons (Fsp3) is 0.333. The third kappa shape index (κ3) is 1.86. The van der Waals surface area contributed by atoms with Crippen LogP contribution in [-0.4, -0.2) is 5.78 Å². The largest absolute Gasteiger partial charge is 0.416 e. The molecule has 1 aliphatic rings. The molecule has 0 atom stereocenters. The first-order valence-corrected chi connectivity index (χ1v) is 5.09. The lowest BCUT2D eigenvalue weighted by Gasteiger charge is -2.34. The molecule has 0 aromatic heterocycles. The standard InChI is InChI=1S/C12H7F4NO/c13-10-3-7(12(14,15)16)1-2-9(10)11(6-17)4-8(18)5-11/h1-3H,4-5H2. The molecular formula is C12H7F4NO. The first kappa shape index (κ1) is 12.6. The summed E-state index contributed by atoms with van der Waals surface area (Å²) in [7, 11) is 0. The minimum absolute atomic E-state index is 0.141. The van der Waals surface area contributed by atoms with Gasteiger partial charge in [0.2, 0.25) is 0 Å². The second-order valence-electron chi connectivity index (χ2n) is 4.28. The Morgan fingerprint density at radius 3 is 2.28 bits per heavy atom. The van der Waals surface area contributed by atoms with E-state index in [0.717, 1.165) is 12.1 Å². The van der Waals surface area contributed by atoms with Crippen molar-refractivity contribution >= 4 is 5.78 Å². The molecule has 94 valence electrons. The predicted molar refractivity (Wildman–Crippen MR) is 52.9 cm³/mol. The van der Waals surface area contributed by atoms with Crippen molar-refractivity contribution in [3.8, 4) is 6.07 Å². The van der Waals surface area contributed by atoms with Gasteiger partial charge in [-0.1, -0.05) is 6.07 Å². The Morgan fingerprint density at radius 1 is 1.28 bits per heavy atom. The van der Waals surface area contributed by atoms with Crippen LogP contribution in [0.5, 0.6) is 0 Å². The number of carbonyl (C=O) groups is 1. The Balaban J connectivity index is 2.43. The van der Waals surface area contributed by atoms with Crippen molar-refractivity contribution in [2.75, 3.05) is 0 Å². The van der Waals surface area contributed by atoms with E-state index in [0.29, 0.717) is 6.07 Å². The van der Waals surface area contributed by atoms with Crippen LogP contribution in [0, 0.1) is 17.1 Å². The highest BCUT2D eigenvalue weighted by Crippen LogP contribution is 2.42. The van der Waals surface area contributed by atoms with Gasteiger partial charge < -0.3 is 0 Å². The molecule has 0 heterocycles. The van der Waals surface area contributed by atoms with Gasteiger partial charge in [-0.25, -0.2) is 4.39 Å². The van der Waals surface area contributed by atoms with E-state index in [1.54, 1.807) is 0 Å². The number of ketones is 1. The predicted octanol–water partition coefficient (Wildman–Crippen LogP) is 2.97. The molecule has 1 aromatic carbocycles. The van der Waals surface area contributed by atoms with Crippen LogP contribution >= 0.6 is 0 Å². The molecule has 0 radical (unpaired) electrons. The number of nitrogens with zero attached hydrogens (tertiary/aromatic N) is 1. The smallest absolute Gasteiger partial charge is 0.300 e. The molecule has 1 fully saturated rings. The van der Waals surface area contributed by atoms with Crippen LogP contribution < -0.4 is 0 Å². The van der Waals surface area contributed by atoms with E-state index in [9.17, 15) is 22.4 Å². The number of nitriles is 1. The molecule has 0 N–H and O–H groups in total. The minimum atomic E-state index is -4.63. The topological polar surface area (TPSA) is 40.9 Å². The number of rotatable bonds is 1. The van der Waals surface area contributed by atoms with Crippen LogP contribution in [-0.2, 0) is 16.4 Å². The molecule has 1 aromatic rings. The van der Waals surface area contributed by atoms with Crippen LogP contribution in [0.4, 0.5) is 17.6 Å². The van der Waals surface area contributed by atoms with Crippen molar-refractivity contribution in [2.45, 2.75) is 24.4 Å². The highest BCUT2D eigenvalue weighted by Gasteiger charge is 2.47. The zero-order valence-corrected chi connectivity index (χ0v) is 9.01. The molecule has 0 amide bonds. The molecule has 6 heteroatoms. The van der Waals surface area contributed by atoms with Gasteiger partial charge >= 0.3 is 6.18 Å². The van der Waals surface area contributed by atoms with E-state index in [2.05, 4.69) is 0 Å². The van der Waals surface area contributed by atoms with Gasteiger partial charge in [-0.05, 0) is 12.1 Å².